The van der Waals surface area contributed by atoms with Crippen LogP contribution in [0.2, 0.25) is 0 Å². The fraction of sp³-hybridized carbons (Fsp3) is 0.375. The van der Waals surface area contributed by atoms with Gasteiger partial charge in [-0.25, -0.2) is 9.37 Å². The van der Waals surface area contributed by atoms with Crippen molar-refractivity contribution >= 4 is 33.2 Å². The molecule has 3 rings (SSSR count). The predicted molar refractivity (Wildman–Crippen MR) is 83.3 cm³/mol. The molecule has 1 aromatic carbocycles. The highest BCUT2D eigenvalue weighted by molar-refractivity contribution is 7.18. The summed E-state index contributed by atoms with van der Waals surface area (Å²) in [5.41, 5.74) is 0.430. The Bertz CT molecular complexity index is 826. The van der Waals surface area contributed by atoms with Gasteiger partial charge in [0, 0.05) is 12.5 Å². The third-order valence-corrected chi connectivity index (χ3v) is 4.98. The molecule has 5 nitrogen and oxygen atoms in total. The molecule has 1 aromatic heterocycles. The molecule has 1 amide bonds. The van der Waals surface area contributed by atoms with E-state index in [4.69, 9.17) is 0 Å². The highest BCUT2D eigenvalue weighted by Crippen LogP contribution is 2.30. The minimum Gasteiger partial charge on any atom is -0.346 e. The van der Waals surface area contributed by atoms with E-state index in [0.717, 1.165) is 4.70 Å². The molecule has 1 aliphatic heterocycles. The normalized spacial score (nSPS) is 22.4. The Morgan fingerprint density at radius 2 is 2.35 bits per heavy atom. The van der Waals surface area contributed by atoms with Crippen LogP contribution in [0.1, 0.15) is 30.7 Å². The lowest BCUT2D eigenvalue weighted by atomic mass is 9.87. The summed E-state index contributed by atoms with van der Waals surface area (Å²) in [7, 11) is 0. The number of piperidine rings is 1. The van der Waals surface area contributed by atoms with Crippen molar-refractivity contribution in [2.24, 2.45) is 5.92 Å². The second kappa shape index (κ2) is 6.05. The predicted octanol–water partition coefficient (Wildman–Crippen LogP) is 2.53. The number of carbonyl (C=O) groups excluding carboxylic acids is 2. The second-order valence-corrected chi connectivity index (χ2v) is 6.86. The van der Waals surface area contributed by atoms with Gasteiger partial charge in [-0.05, 0) is 24.5 Å². The van der Waals surface area contributed by atoms with E-state index in [1.54, 1.807) is 6.07 Å². The zero-order chi connectivity index (χ0) is 16.6. The van der Waals surface area contributed by atoms with Crippen LogP contribution < -0.4 is 5.32 Å². The molecule has 0 bridgehead atoms. The average molecular weight is 331 g/mol. The molecule has 3 atom stereocenters. The number of halogens is 1. The summed E-state index contributed by atoms with van der Waals surface area (Å²) in [6, 6.07) is 5.48. The van der Waals surface area contributed by atoms with Gasteiger partial charge in [-0.1, -0.05) is 6.92 Å². The number of amides is 1. The number of hydrogen-bond acceptors (Lipinski definition) is 5. The third kappa shape index (κ3) is 3.08. The van der Waals surface area contributed by atoms with Crippen LogP contribution in [0.5, 0.6) is 0 Å². The van der Waals surface area contributed by atoms with Gasteiger partial charge in [-0.15, -0.1) is 11.3 Å². The summed E-state index contributed by atoms with van der Waals surface area (Å²) < 4.78 is 14.0. The molecular formula is C16H14FN3O2S. The van der Waals surface area contributed by atoms with E-state index in [1.807, 2.05) is 13.0 Å². The van der Waals surface area contributed by atoms with E-state index >= 15 is 0 Å². The molecule has 1 aliphatic rings. The smallest absolute Gasteiger partial charge is 0.220 e. The van der Waals surface area contributed by atoms with E-state index in [2.05, 4.69) is 10.3 Å². The number of carbonyl (C=O) groups is 2. The van der Waals surface area contributed by atoms with E-state index in [-0.39, 0.29) is 17.6 Å². The summed E-state index contributed by atoms with van der Waals surface area (Å²) in [4.78, 5) is 28.5. The van der Waals surface area contributed by atoms with Crippen LogP contribution in [-0.2, 0) is 9.59 Å². The first-order valence-corrected chi connectivity index (χ1v) is 8.08. The number of nitriles is 1. The van der Waals surface area contributed by atoms with Crippen molar-refractivity contribution in [1.82, 2.24) is 10.3 Å². The number of fused-ring (bicyclic) bond motifs is 1. The number of nitrogens with zero attached hydrogens (tertiary/aromatic N) is 2. The summed E-state index contributed by atoms with van der Waals surface area (Å²) >= 11 is 1.20. The lowest BCUT2D eigenvalue weighted by Crippen LogP contribution is -2.47. The summed E-state index contributed by atoms with van der Waals surface area (Å²) in [5, 5.41) is 12.4. The topological polar surface area (TPSA) is 82.9 Å². The summed E-state index contributed by atoms with van der Waals surface area (Å²) in [5.74, 6) is -1.90. The molecule has 23 heavy (non-hydrogen) atoms. The van der Waals surface area contributed by atoms with Gasteiger partial charge < -0.3 is 5.32 Å². The van der Waals surface area contributed by atoms with Crippen molar-refractivity contribution in [3.05, 3.63) is 29.0 Å². The van der Waals surface area contributed by atoms with Crippen LogP contribution in [0.4, 0.5) is 4.39 Å². The summed E-state index contributed by atoms with van der Waals surface area (Å²) in [6.07, 6.45) is 0.906. The first-order valence-electron chi connectivity index (χ1n) is 7.26. The highest BCUT2D eigenvalue weighted by atomic mass is 32.1. The van der Waals surface area contributed by atoms with Gasteiger partial charge in [0.2, 0.25) is 5.91 Å². The second-order valence-electron chi connectivity index (χ2n) is 5.79. The van der Waals surface area contributed by atoms with Gasteiger partial charge in [-0.2, -0.15) is 5.26 Å². The Morgan fingerprint density at radius 3 is 3.04 bits per heavy atom. The number of thiazole rings is 1. The molecule has 0 spiro atoms. The number of aromatic nitrogens is 1. The van der Waals surface area contributed by atoms with Crippen LogP contribution >= 0.6 is 11.3 Å². The van der Waals surface area contributed by atoms with E-state index in [9.17, 15) is 19.2 Å². The maximum atomic E-state index is 13.2. The zero-order valence-corrected chi connectivity index (χ0v) is 13.2. The van der Waals surface area contributed by atoms with Gasteiger partial charge in [-0.3, -0.25) is 9.59 Å². The van der Waals surface area contributed by atoms with Crippen molar-refractivity contribution in [3.8, 4) is 6.07 Å². The van der Waals surface area contributed by atoms with Gasteiger partial charge in [0.05, 0.1) is 22.3 Å². The summed E-state index contributed by atoms with van der Waals surface area (Å²) in [6.45, 7) is 1.90. The van der Waals surface area contributed by atoms with Crippen LogP contribution in [-0.4, -0.2) is 22.7 Å². The number of benzene rings is 1. The average Bonchev–Trinajstić information content (AvgIpc) is 2.89. The maximum absolute atomic E-state index is 13.2. The minimum atomic E-state index is -1.05. The quantitative estimate of drug-likeness (QED) is 0.937. The van der Waals surface area contributed by atoms with E-state index in [0.29, 0.717) is 23.4 Å². The van der Waals surface area contributed by atoms with Crippen LogP contribution in [0.3, 0.4) is 0 Å². The Morgan fingerprint density at radius 1 is 1.57 bits per heavy atom. The Hall–Kier alpha value is -2.33. The number of ketones is 1. The number of hydrogen-bond donors (Lipinski definition) is 1. The molecule has 1 saturated heterocycles. The molecular weight excluding hydrogens is 317 g/mol. The van der Waals surface area contributed by atoms with Crippen molar-refractivity contribution in [3.63, 3.8) is 0 Å². The Labute approximate surface area is 136 Å². The molecule has 0 saturated carbocycles. The first-order chi connectivity index (χ1) is 11.0. The molecule has 0 aliphatic carbocycles. The van der Waals surface area contributed by atoms with Crippen molar-refractivity contribution in [2.75, 3.05) is 0 Å². The molecule has 118 valence electrons. The molecule has 2 heterocycles. The molecule has 1 unspecified atom stereocenters. The molecule has 7 heteroatoms. The van der Waals surface area contributed by atoms with Gasteiger partial charge in [0.1, 0.15) is 10.8 Å². The van der Waals surface area contributed by atoms with Gasteiger partial charge >= 0.3 is 0 Å². The Balaban J connectivity index is 1.90. The van der Waals surface area contributed by atoms with Crippen LogP contribution in [0.15, 0.2) is 18.2 Å². The standard InChI is InChI=1S/C16H14FN3O2S/c1-8-4-12(19-14(21)5-8)15(22)10(7-18)16-20-11-6-9(17)2-3-13(11)23-16/h2-3,6,8,10,12H,4-5H2,1H3,(H,19,21)/t8-,10?,12-/m1/s1. The van der Waals surface area contributed by atoms with E-state index in [1.165, 1.54) is 23.5 Å². The number of nitrogens with one attached hydrogen (secondary N) is 1. The fourth-order valence-corrected chi connectivity index (χ4v) is 3.79. The number of Topliss-reactive ketones (excluding diaryl/α,β-unsaturated/α-hetero) is 1. The van der Waals surface area contributed by atoms with Crippen molar-refractivity contribution in [2.45, 2.75) is 31.7 Å². The molecule has 1 N–H and O–H groups in total. The Kier molecular flexibility index (Phi) is 4.09. The minimum absolute atomic E-state index is 0.0986. The van der Waals surface area contributed by atoms with Crippen molar-refractivity contribution in [1.29, 1.82) is 5.26 Å². The van der Waals surface area contributed by atoms with Gasteiger partial charge in [0.15, 0.2) is 11.7 Å². The molecule has 1 fully saturated rings. The third-order valence-electron chi connectivity index (χ3n) is 3.88. The highest BCUT2D eigenvalue weighted by Gasteiger charge is 2.35. The van der Waals surface area contributed by atoms with E-state index < -0.39 is 17.8 Å². The maximum Gasteiger partial charge on any atom is 0.220 e. The van der Waals surface area contributed by atoms with Crippen LogP contribution in [0.25, 0.3) is 10.2 Å². The van der Waals surface area contributed by atoms with Gasteiger partial charge in [0.25, 0.3) is 0 Å². The van der Waals surface area contributed by atoms with Crippen LogP contribution in [0, 0.1) is 23.1 Å². The first kappa shape index (κ1) is 15.6. The lowest BCUT2D eigenvalue weighted by Gasteiger charge is -2.27. The molecule has 0 radical (unpaired) electrons. The monoisotopic (exact) mass is 331 g/mol. The number of rotatable bonds is 3. The molecule has 2 aromatic rings. The lowest BCUT2D eigenvalue weighted by molar-refractivity contribution is -0.131. The SMILES string of the molecule is C[C@H]1CC(=O)N[C@@H](C(=O)C(C#N)c2nc3cc(F)ccc3s2)C1. The fourth-order valence-electron chi connectivity index (χ4n) is 2.79. The largest absolute Gasteiger partial charge is 0.346 e. The van der Waals surface area contributed by atoms with Crippen molar-refractivity contribution < 1.29 is 14.0 Å². The zero-order valence-electron chi connectivity index (χ0n) is 12.4.